The van der Waals surface area contributed by atoms with Crippen molar-refractivity contribution in [2.75, 3.05) is 19.6 Å². The van der Waals surface area contributed by atoms with Crippen LogP contribution in [0.25, 0.3) is 0 Å². The highest BCUT2D eigenvalue weighted by Crippen LogP contribution is 2.32. The molecule has 2 aliphatic heterocycles. The Morgan fingerprint density at radius 2 is 2.23 bits per heavy atom. The zero-order valence-electron chi connectivity index (χ0n) is 14.7. The van der Waals surface area contributed by atoms with Gasteiger partial charge in [-0.05, 0) is 25.2 Å². The van der Waals surface area contributed by atoms with E-state index in [0.717, 1.165) is 32.4 Å². The first-order chi connectivity index (χ1) is 12.7. The summed E-state index contributed by atoms with van der Waals surface area (Å²) in [6.07, 6.45) is 10.1. The molecule has 2 aromatic heterocycles. The average Bonchev–Trinajstić information content (AvgIpc) is 3.36. The molecule has 0 spiro atoms. The molecule has 138 valence electrons. The lowest BCUT2D eigenvalue weighted by molar-refractivity contribution is -0.140. The number of carbonyl (C=O) groups excluding carboxylic acids is 2. The Hall–Kier alpha value is -2.64. The SMILES string of the molecule is O=C(c1ccon1)N1CCC2C(CCC(=O)N2CCCn2ccnc2)C1. The largest absolute Gasteiger partial charge is 0.364 e. The third-order valence-electron chi connectivity index (χ3n) is 5.46. The highest BCUT2D eigenvalue weighted by atomic mass is 16.5. The molecule has 4 heterocycles. The van der Waals surface area contributed by atoms with Crippen LogP contribution in [0.2, 0.25) is 0 Å². The van der Waals surface area contributed by atoms with Gasteiger partial charge >= 0.3 is 0 Å². The normalized spacial score (nSPS) is 23.2. The molecule has 0 bridgehead atoms. The lowest BCUT2D eigenvalue weighted by Gasteiger charge is -2.47. The molecule has 0 N–H and O–H groups in total. The summed E-state index contributed by atoms with van der Waals surface area (Å²) in [6, 6.07) is 1.83. The number of aryl methyl sites for hydroxylation is 1. The Morgan fingerprint density at radius 3 is 3.00 bits per heavy atom. The summed E-state index contributed by atoms with van der Waals surface area (Å²) in [7, 11) is 0. The summed E-state index contributed by atoms with van der Waals surface area (Å²) >= 11 is 0. The van der Waals surface area contributed by atoms with Crippen LogP contribution < -0.4 is 0 Å². The summed E-state index contributed by atoms with van der Waals surface area (Å²) in [5, 5.41) is 3.75. The summed E-state index contributed by atoms with van der Waals surface area (Å²) < 4.78 is 6.82. The molecule has 2 unspecified atom stereocenters. The van der Waals surface area contributed by atoms with Gasteiger partial charge in [0.1, 0.15) is 6.26 Å². The molecule has 8 nitrogen and oxygen atoms in total. The topological polar surface area (TPSA) is 84.5 Å². The third kappa shape index (κ3) is 3.36. The Labute approximate surface area is 151 Å². The predicted octanol–water partition coefficient (Wildman–Crippen LogP) is 1.41. The van der Waals surface area contributed by atoms with Gasteiger partial charge in [0, 0.05) is 57.1 Å². The maximum absolute atomic E-state index is 12.5. The fourth-order valence-electron chi connectivity index (χ4n) is 4.15. The van der Waals surface area contributed by atoms with Crippen molar-refractivity contribution in [2.45, 2.75) is 38.3 Å². The second kappa shape index (κ2) is 7.31. The average molecular weight is 357 g/mol. The number of rotatable bonds is 5. The number of amides is 2. The zero-order chi connectivity index (χ0) is 17.9. The van der Waals surface area contributed by atoms with Crippen LogP contribution in [0.5, 0.6) is 0 Å². The smallest absolute Gasteiger partial charge is 0.276 e. The Balaban J connectivity index is 1.36. The van der Waals surface area contributed by atoms with Crippen LogP contribution >= 0.6 is 0 Å². The molecule has 2 atom stereocenters. The lowest BCUT2D eigenvalue weighted by atomic mass is 9.83. The minimum atomic E-state index is -0.0826. The molecule has 26 heavy (non-hydrogen) atoms. The van der Waals surface area contributed by atoms with Crippen molar-refractivity contribution in [1.82, 2.24) is 24.5 Å². The van der Waals surface area contributed by atoms with E-state index in [1.54, 1.807) is 18.6 Å². The van der Waals surface area contributed by atoms with E-state index in [9.17, 15) is 9.59 Å². The van der Waals surface area contributed by atoms with Crippen LogP contribution in [0.3, 0.4) is 0 Å². The number of likely N-dealkylation sites (tertiary alicyclic amines) is 2. The highest BCUT2D eigenvalue weighted by molar-refractivity contribution is 5.92. The van der Waals surface area contributed by atoms with Gasteiger partial charge in [0.25, 0.3) is 5.91 Å². The summed E-state index contributed by atoms with van der Waals surface area (Å²) in [5.41, 5.74) is 0.354. The van der Waals surface area contributed by atoms with Gasteiger partial charge in [0.15, 0.2) is 5.69 Å². The molecule has 0 saturated carbocycles. The maximum atomic E-state index is 12.5. The number of aromatic nitrogens is 3. The summed E-state index contributed by atoms with van der Waals surface area (Å²) in [5.74, 6) is 0.500. The molecule has 2 aliphatic rings. The van der Waals surface area contributed by atoms with Gasteiger partial charge in [0.2, 0.25) is 5.91 Å². The van der Waals surface area contributed by atoms with Crippen molar-refractivity contribution in [1.29, 1.82) is 0 Å². The molecule has 2 saturated heterocycles. The number of nitrogens with zero attached hydrogens (tertiary/aromatic N) is 5. The molecule has 0 aliphatic carbocycles. The van der Waals surface area contributed by atoms with E-state index in [2.05, 4.69) is 10.1 Å². The van der Waals surface area contributed by atoms with E-state index in [-0.39, 0.29) is 17.9 Å². The maximum Gasteiger partial charge on any atom is 0.276 e. The fraction of sp³-hybridized carbons (Fsp3) is 0.556. The van der Waals surface area contributed by atoms with Gasteiger partial charge in [0.05, 0.1) is 6.33 Å². The van der Waals surface area contributed by atoms with E-state index in [1.165, 1.54) is 6.26 Å². The molecule has 2 amide bonds. The van der Waals surface area contributed by atoms with Crippen molar-refractivity contribution in [3.8, 4) is 0 Å². The number of carbonyl (C=O) groups is 2. The quantitative estimate of drug-likeness (QED) is 0.808. The van der Waals surface area contributed by atoms with Gasteiger partial charge in [-0.15, -0.1) is 0 Å². The Kier molecular flexibility index (Phi) is 4.73. The Morgan fingerprint density at radius 1 is 1.31 bits per heavy atom. The first-order valence-electron chi connectivity index (χ1n) is 9.17. The van der Waals surface area contributed by atoms with Crippen molar-refractivity contribution < 1.29 is 14.1 Å². The number of hydrogen-bond donors (Lipinski definition) is 0. The fourth-order valence-corrected chi connectivity index (χ4v) is 4.15. The van der Waals surface area contributed by atoms with Gasteiger partial charge in [-0.2, -0.15) is 0 Å². The summed E-state index contributed by atoms with van der Waals surface area (Å²) in [4.78, 5) is 32.9. The first-order valence-corrected chi connectivity index (χ1v) is 9.17. The number of imidazole rings is 1. The summed E-state index contributed by atoms with van der Waals surface area (Å²) in [6.45, 7) is 2.95. The van der Waals surface area contributed by atoms with Crippen molar-refractivity contribution in [3.63, 3.8) is 0 Å². The van der Waals surface area contributed by atoms with Crippen LogP contribution in [0.1, 0.15) is 36.2 Å². The van der Waals surface area contributed by atoms with E-state index >= 15 is 0 Å². The highest BCUT2D eigenvalue weighted by Gasteiger charge is 2.40. The van der Waals surface area contributed by atoms with Crippen molar-refractivity contribution in [2.24, 2.45) is 5.92 Å². The van der Waals surface area contributed by atoms with Crippen molar-refractivity contribution in [3.05, 3.63) is 36.7 Å². The minimum Gasteiger partial charge on any atom is -0.364 e. The van der Waals surface area contributed by atoms with Gasteiger partial charge in [-0.25, -0.2) is 4.98 Å². The lowest BCUT2D eigenvalue weighted by Crippen LogP contribution is -2.57. The van der Waals surface area contributed by atoms with Crippen LogP contribution in [-0.4, -0.2) is 62.0 Å². The van der Waals surface area contributed by atoms with E-state index < -0.39 is 0 Å². The van der Waals surface area contributed by atoms with E-state index in [4.69, 9.17) is 4.52 Å². The standard InChI is InChI=1S/C18H23N5O3/c24-17-3-2-14-12-22(18(25)15-5-11-26-20-15)9-4-16(14)23(17)8-1-7-21-10-6-19-13-21/h5-6,10-11,13-14,16H,1-4,7-9,12H2. The first kappa shape index (κ1) is 16.8. The van der Waals surface area contributed by atoms with E-state index in [1.807, 2.05) is 20.6 Å². The zero-order valence-corrected chi connectivity index (χ0v) is 14.7. The second-order valence-corrected chi connectivity index (χ2v) is 7.03. The van der Waals surface area contributed by atoms with Gasteiger partial charge in [-0.3, -0.25) is 9.59 Å². The molecule has 4 rings (SSSR count). The van der Waals surface area contributed by atoms with Gasteiger partial charge in [-0.1, -0.05) is 5.16 Å². The van der Waals surface area contributed by atoms with Crippen LogP contribution in [0.15, 0.2) is 35.6 Å². The molecule has 0 radical (unpaired) electrons. The molecule has 2 fully saturated rings. The molecule has 8 heteroatoms. The molecular formula is C18H23N5O3. The molecule has 0 aromatic carbocycles. The number of hydrogen-bond acceptors (Lipinski definition) is 5. The Bertz CT molecular complexity index is 743. The van der Waals surface area contributed by atoms with Crippen molar-refractivity contribution >= 4 is 11.8 Å². The van der Waals surface area contributed by atoms with E-state index in [0.29, 0.717) is 31.1 Å². The van der Waals surface area contributed by atoms with Crippen LogP contribution in [-0.2, 0) is 11.3 Å². The predicted molar refractivity (Wildman–Crippen MR) is 92.1 cm³/mol. The second-order valence-electron chi connectivity index (χ2n) is 7.03. The van der Waals surface area contributed by atoms with Crippen LogP contribution in [0.4, 0.5) is 0 Å². The van der Waals surface area contributed by atoms with Crippen LogP contribution in [0, 0.1) is 5.92 Å². The van der Waals surface area contributed by atoms with Gasteiger partial charge < -0.3 is 18.9 Å². The monoisotopic (exact) mass is 357 g/mol. The number of piperidine rings is 2. The third-order valence-corrected chi connectivity index (χ3v) is 5.46. The number of fused-ring (bicyclic) bond motifs is 1. The molecular weight excluding hydrogens is 334 g/mol. The minimum absolute atomic E-state index is 0.0826. The molecule has 2 aromatic rings.